The number of anilines is 1. The second-order valence-electron chi connectivity index (χ2n) is 5.52. The molecule has 1 aromatic carbocycles. The van der Waals surface area contributed by atoms with Crippen molar-refractivity contribution in [1.82, 2.24) is 0 Å². The highest BCUT2D eigenvalue weighted by Crippen LogP contribution is 2.31. The molecule has 100 valence electrons. The van der Waals surface area contributed by atoms with Crippen LogP contribution in [0.1, 0.15) is 44.6 Å². The summed E-state index contributed by atoms with van der Waals surface area (Å²) in [6, 6.07) is 8.97. The maximum absolute atomic E-state index is 9.06. The summed E-state index contributed by atoms with van der Waals surface area (Å²) in [5.41, 5.74) is 2.26. The third-order valence-corrected chi connectivity index (χ3v) is 4.47. The minimum absolute atomic E-state index is 0.131. The Bertz CT molecular complexity index is 352. The highest BCUT2D eigenvalue weighted by molar-refractivity contribution is 5.47. The van der Waals surface area contributed by atoms with Gasteiger partial charge in [-0.2, -0.15) is 0 Å². The van der Waals surface area contributed by atoms with E-state index in [-0.39, 0.29) is 6.61 Å². The van der Waals surface area contributed by atoms with Crippen LogP contribution in [0.15, 0.2) is 24.3 Å². The summed E-state index contributed by atoms with van der Waals surface area (Å²) in [6.45, 7) is 2.44. The lowest BCUT2D eigenvalue weighted by molar-refractivity contribution is 0.282. The highest BCUT2D eigenvalue weighted by atomic mass is 16.3. The molecule has 1 aliphatic carbocycles. The van der Waals surface area contributed by atoms with Gasteiger partial charge in [-0.15, -0.1) is 0 Å². The maximum atomic E-state index is 9.06. The molecule has 0 aliphatic heterocycles. The van der Waals surface area contributed by atoms with E-state index >= 15 is 0 Å². The molecular weight excluding hydrogens is 222 g/mol. The van der Waals surface area contributed by atoms with Crippen molar-refractivity contribution < 1.29 is 5.11 Å². The zero-order valence-corrected chi connectivity index (χ0v) is 11.6. The normalized spacial score (nSPS) is 23.9. The minimum Gasteiger partial charge on any atom is -0.392 e. The molecule has 0 amide bonds. The quantitative estimate of drug-likeness (QED) is 0.879. The highest BCUT2D eigenvalue weighted by Gasteiger charge is 2.23. The second-order valence-corrected chi connectivity index (χ2v) is 5.52. The number of nitrogens with zero attached hydrogens (tertiary/aromatic N) is 1. The number of rotatable bonds is 4. The first-order valence-corrected chi connectivity index (χ1v) is 7.17. The average molecular weight is 247 g/mol. The molecular formula is C16H25NO. The van der Waals surface area contributed by atoms with Crippen LogP contribution in [0.4, 0.5) is 5.69 Å². The van der Waals surface area contributed by atoms with Crippen molar-refractivity contribution in [3.63, 3.8) is 0 Å². The van der Waals surface area contributed by atoms with Crippen molar-refractivity contribution in [2.45, 2.75) is 51.7 Å². The smallest absolute Gasteiger partial charge is 0.0681 e. The van der Waals surface area contributed by atoms with Gasteiger partial charge in [-0.25, -0.2) is 0 Å². The third kappa shape index (κ3) is 3.05. The molecule has 1 fully saturated rings. The van der Waals surface area contributed by atoms with E-state index in [1.54, 1.807) is 0 Å². The SMILES string of the molecule is CCC1CCC(N(C)c2ccc(CO)cc2)CC1. The molecule has 0 spiro atoms. The molecule has 0 radical (unpaired) electrons. The molecule has 18 heavy (non-hydrogen) atoms. The van der Waals surface area contributed by atoms with Crippen molar-refractivity contribution in [2.75, 3.05) is 11.9 Å². The number of aliphatic hydroxyl groups excluding tert-OH is 1. The van der Waals surface area contributed by atoms with Gasteiger partial charge in [0, 0.05) is 18.8 Å². The van der Waals surface area contributed by atoms with E-state index in [4.69, 9.17) is 5.11 Å². The molecule has 2 heteroatoms. The lowest BCUT2D eigenvalue weighted by atomic mass is 9.84. The van der Waals surface area contributed by atoms with Crippen molar-refractivity contribution in [2.24, 2.45) is 5.92 Å². The van der Waals surface area contributed by atoms with E-state index in [0.29, 0.717) is 6.04 Å². The average Bonchev–Trinajstić information content (AvgIpc) is 2.47. The molecule has 0 bridgehead atoms. The van der Waals surface area contributed by atoms with Gasteiger partial charge in [-0.05, 0) is 49.3 Å². The van der Waals surface area contributed by atoms with Crippen LogP contribution in [0.2, 0.25) is 0 Å². The first-order chi connectivity index (χ1) is 8.74. The summed E-state index contributed by atoms with van der Waals surface area (Å²) in [5.74, 6) is 0.950. The maximum Gasteiger partial charge on any atom is 0.0681 e. The lowest BCUT2D eigenvalue weighted by Crippen LogP contribution is -2.35. The standard InChI is InChI=1S/C16H25NO/c1-3-13-4-8-15(9-5-13)17(2)16-10-6-14(12-18)7-11-16/h6-7,10-11,13,15,18H,3-5,8-9,12H2,1-2H3. The second kappa shape index (κ2) is 6.24. The fourth-order valence-corrected chi connectivity index (χ4v) is 2.99. The Morgan fingerprint density at radius 2 is 1.72 bits per heavy atom. The van der Waals surface area contributed by atoms with Gasteiger partial charge in [-0.1, -0.05) is 25.5 Å². The van der Waals surface area contributed by atoms with Gasteiger partial charge >= 0.3 is 0 Å². The van der Waals surface area contributed by atoms with Crippen LogP contribution >= 0.6 is 0 Å². The van der Waals surface area contributed by atoms with Gasteiger partial charge in [0.25, 0.3) is 0 Å². The zero-order chi connectivity index (χ0) is 13.0. The first kappa shape index (κ1) is 13.4. The minimum atomic E-state index is 0.131. The Balaban J connectivity index is 1.96. The van der Waals surface area contributed by atoms with Crippen LogP contribution in [0.25, 0.3) is 0 Å². The largest absolute Gasteiger partial charge is 0.392 e. The van der Waals surface area contributed by atoms with E-state index in [1.807, 2.05) is 12.1 Å². The summed E-state index contributed by atoms with van der Waals surface area (Å²) in [7, 11) is 2.20. The summed E-state index contributed by atoms with van der Waals surface area (Å²) in [5, 5.41) is 9.06. The van der Waals surface area contributed by atoms with Crippen molar-refractivity contribution in [1.29, 1.82) is 0 Å². The summed E-state index contributed by atoms with van der Waals surface area (Å²) >= 11 is 0. The Morgan fingerprint density at radius 1 is 1.11 bits per heavy atom. The number of benzene rings is 1. The summed E-state index contributed by atoms with van der Waals surface area (Å²) < 4.78 is 0. The molecule has 1 aliphatic rings. The monoisotopic (exact) mass is 247 g/mol. The van der Waals surface area contributed by atoms with Crippen LogP contribution < -0.4 is 4.90 Å². The topological polar surface area (TPSA) is 23.5 Å². The number of aliphatic hydroxyl groups is 1. The number of hydrogen-bond donors (Lipinski definition) is 1. The molecule has 1 N–H and O–H groups in total. The van der Waals surface area contributed by atoms with E-state index in [0.717, 1.165) is 11.5 Å². The molecule has 1 aromatic rings. The molecule has 1 saturated carbocycles. The molecule has 2 rings (SSSR count). The predicted octanol–water partition coefficient (Wildman–Crippen LogP) is 3.58. The van der Waals surface area contributed by atoms with Gasteiger partial charge in [0.05, 0.1) is 6.61 Å². The van der Waals surface area contributed by atoms with E-state index < -0.39 is 0 Å². The van der Waals surface area contributed by atoms with E-state index in [2.05, 4.69) is 31.0 Å². The predicted molar refractivity (Wildman–Crippen MR) is 76.8 cm³/mol. The fourth-order valence-electron chi connectivity index (χ4n) is 2.99. The first-order valence-electron chi connectivity index (χ1n) is 7.17. The number of hydrogen-bond acceptors (Lipinski definition) is 2. The van der Waals surface area contributed by atoms with Gasteiger partial charge in [0.1, 0.15) is 0 Å². The van der Waals surface area contributed by atoms with Crippen LogP contribution in [0, 0.1) is 5.92 Å². The van der Waals surface area contributed by atoms with Crippen molar-refractivity contribution in [3.8, 4) is 0 Å². The Kier molecular flexibility index (Phi) is 4.65. The molecule has 0 heterocycles. The zero-order valence-electron chi connectivity index (χ0n) is 11.6. The van der Waals surface area contributed by atoms with Crippen molar-refractivity contribution >= 4 is 5.69 Å². The van der Waals surface area contributed by atoms with E-state index in [9.17, 15) is 0 Å². The molecule has 2 nitrogen and oxygen atoms in total. The molecule has 0 atom stereocenters. The van der Waals surface area contributed by atoms with Gasteiger partial charge < -0.3 is 10.0 Å². The van der Waals surface area contributed by atoms with Crippen molar-refractivity contribution in [3.05, 3.63) is 29.8 Å². The summed E-state index contributed by atoms with van der Waals surface area (Å²) in [6.07, 6.45) is 6.72. The summed E-state index contributed by atoms with van der Waals surface area (Å²) in [4.78, 5) is 2.41. The Hall–Kier alpha value is -1.02. The van der Waals surface area contributed by atoms with Crippen LogP contribution in [-0.2, 0) is 6.61 Å². The van der Waals surface area contributed by atoms with Gasteiger partial charge in [-0.3, -0.25) is 0 Å². The van der Waals surface area contributed by atoms with Crippen LogP contribution in [0.3, 0.4) is 0 Å². The van der Waals surface area contributed by atoms with E-state index in [1.165, 1.54) is 37.8 Å². The molecule has 0 unspecified atom stereocenters. The van der Waals surface area contributed by atoms with Gasteiger partial charge in [0.2, 0.25) is 0 Å². The lowest BCUT2D eigenvalue weighted by Gasteiger charge is -2.35. The fraction of sp³-hybridized carbons (Fsp3) is 0.625. The molecule has 0 saturated heterocycles. The van der Waals surface area contributed by atoms with Crippen LogP contribution in [0.5, 0.6) is 0 Å². The third-order valence-electron chi connectivity index (χ3n) is 4.47. The van der Waals surface area contributed by atoms with Crippen LogP contribution in [-0.4, -0.2) is 18.2 Å². The Morgan fingerprint density at radius 3 is 2.22 bits per heavy atom. The molecule has 0 aromatic heterocycles. The Labute approximate surface area is 111 Å². The van der Waals surface area contributed by atoms with Gasteiger partial charge in [0.15, 0.2) is 0 Å².